The van der Waals surface area contributed by atoms with Crippen LogP contribution in [0.15, 0.2) is 52.0 Å². The average molecular weight is 513 g/mol. The Morgan fingerprint density at radius 2 is 1.83 bits per heavy atom. The van der Waals surface area contributed by atoms with Crippen LogP contribution in [-0.2, 0) is 9.59 Å². The van der Waals surface area contributed by atoms with E-state index in [0.717, 1.165) is 35.3 Å². The van der Waals surface area contributed by atoms with E-state index < -0.39 is 17.0 Å². The lowest BCUT2D eigenvalue weighted by Crippen LogP contribution is -2.50. The zero-order valence-electron chi connectivity index (χ0n) is 20.9. The molecule has 0 amide bonds. The normalized spacial score (nSPS) is 33.7. The Kier molecular flexibility index (Phi) is 6.31. The van der Waals surface area contributed by atoms with Crippen LogP contribution < -0.4 is 0 Å². The van der Waals surface area contributed by atoms with Gasteiger partial charge in [-0.15, -0.1) is 11.8 Å². The Bertz CT molecular complexity index is 1230. The quantitative estimate of drug-likeness (QED) is 0.312. The summed E-state index contributed by atoms with van der Waals surface area (Å²) >= 11 is 1.66. The Labute approximate surface area is 215 Å². The minimum absolute atomic E-state index is 0.0106. The summed E-state index contributed by atoms with van der Waals surface area (Å²) in [4.78, 5) is 26.5. The molecule has 0 saturated heterocycles. The minimum atomic E-state index is -4.63. The molecule has 5 rings (SSSR count). The molecule has 0 radical (unpaired) electrons. The Balaban J connectivity index is 1.70. The van der Waals surface area contributed by atoms with Crippen LogP contribution in [0.1, 0.15) is 70.3 Å². The second-order valence-corrected chi connectivity index (χ2v) is 11.9. The number of thioether (sulfide) groups is 1. The number of hydrogen-bond acceptors (Lipinski definition) is 3. The summed E-state index contributed by atoms with van der Waals surface area (Å²) in [5.41, 5.74) is 2.95. The highest BCUT2D eigenvalue weighted by molar-refractivity contribution is 7.98. The number of fused-ring (bicyclic) bond motifs is 4. The number of Topliss-reactive ketones (excluding diaryl/α,β-unsaturated/α-hetero) is 1. The molecule has 1 aromatic carbocycles. The molecule has 5 atom stereocenters. The predicted octanol–water partition coefficient (Wildman–Crippen LogP) is 7.45. The first-order valence-electron chi connectivity index (χ1n) is 12.7. The van der Waals surface area contributed by atoms with Crippen LogP contribution in [0.25, 0.3) is 0 Å². The number of hydrogen-bond donors (Lipinski definition) is 0. The van der Waals surface area contributed by atoms with Crippen molar-refractivity contribution in [2.24, 2.45) is 22.7 Å². The van der Waals surface area contributed by atoms with Gasteiger partial charge in [0, 0.05) is 23.2 Å². The van der Waals surface area contributed by atoms with Crippen LogP contribution in [0, 0.1) is 34.5 Å². The lowest BCUT2D eigenvalue weighted by atomic mass is 9.48. The summed E-state index contributed by atoms with van der Waals surface area (Å²) in [7, 11) is 0. The number of benzene rings is 1. The second kappa shape index (κ2) is 8.94. The maximum Gasteiger partial charge on any atom is 0.457 e. The molecule has 36 heavy (non-hydrogen) atoms. The molecule has 0 bridgehead atoms. The van der Waals surface area contributed by atoms with Crippen molar-refractivity contribution in [1.82, 2.24) is 0 Å². The molecule has 2 saturated carbocycles. The molecule has 6 heteroatoms. The standard InChI is InChI=1S/C30H31F3O2S/c1-18(34)29(14-15-30(31,32)33)13-12-26-24-10-6-20-16-21(35)7-11-23(20)27(24)25(17-28(26,29)2)19-4-8-22(36-3)9-5-19/h4-5,8-9,16,24-26H,6-7,10-13,17H2,1-3H3/t24-,25+,26-,28-,29+/m0/s1. The molecule has 0 aromatic heterocycles. The maximum atomic E-state index is 13.3. The van der Waals surface area contributed by atoms with Crippen LogP contribution in [0.3, 0.4) is 0 Å². The molecule has 0 heterocycles. The smallest absolute Gasteiger partial charge is 0.298 e. The average Bonchev–Trinajstić information content (AvgIpc) is 3.14. The number of allylic oxidation sites excluding steroid dienone is 4. The fourth-order valence-corrected chi connectivity index (χ4v) is 8.28. The molecule has 0 N–H and O–H groups in total. The highest BCUT2D eigenvalue weighted by Gasteiger charge is 2.65. The molecule has 2 nitrogen and oxygen atoms in total. The zero-order chi connectivity index (χ0) is 25.9. The highest BCUT2D eigenvalue weighted by atomic mass is 32.2. The van der Waals surface area contributed by atoms with Crippen molar-refractivity contribution >= 4 is 23.3 Å². The topological polar surface area (TPSA) is 34.1 Å². The van der Waals surface area contributed by atoms with Gasteiger partial charge in [-0.25, -0.2) is 0 Å². The van der Waals surface area contributed by atoms with Gasteiger partial charge in [0.15, 0.2) is 5.78 Å². The maximum absolute atomic E-state index is 13.3. The van der Waals surface area contributed by atoms with E-state index in [2.05, 4.69) is 30.2 Å². The molecule has 190 valence electrons. The van der Waals surface area contributed by atoms with Gasteiger partial charge in [0.05, 0.1) is 5.41 Å². The zero-order valence-corrected chi connectivity index (χ0v) is 21.7. The lowest BCUT2D eigenvalue weighted by Gasteiger charge is -2.54. The van der Waals surface area contributed by atoms with Crippen molar-refractivity contribution in [3.8, 4) is 11.8 Å². The number of carbonyl (C=O) groups excluding carboxylic acids is 2. The molecule has 4 aliphatic carbocycles. The summed E-state index contributed by atoms with van der Waals surface area (Å²) in [6.07, 6.45) is 3.74. The third-order valence-electron chi connectivity index (χ3n) is 9.47. The predicted molar refractivity (Wildman–Crippen MR) is 135 cm³/mol. The number of rotatable bonds is 3. The van der Waals surface area contributed by atoms with Gasteiger partial charge in [0.2, 0.25) is 0 Å². The molecule has 0 spiro atoms. The SMILES string of the molecule is CSc1ccc([C@H]2C[C@@]3(C)[C@@H](CC[C@@]3(C#CC(F)(F)F)C(C)=O)[C@@H]3CCC4=CC(=O)CCC4=C32)cc1. The van der Waals surface area contributed by atoms with Crippen molar-refractivity contribution < 1.29 is 22.8 Å². The first-order valence-corrected chi connectivity index (χ1v) is 13.9. The molecule has 1 aromatic rings. The molecule has 0 unspecified atom stereocenters. The Morgan fingerprint density at radius 3 is 2.47 bits per heavy atom. The van der Waals surface area contributed by atoms with Gasteiger partial charge in [-0.1, -0.05) is 30.6 Å². The molecule has 0 aliphatic heterocycles. The van der Waals surface area contributed by atoms with Gasteiger partial charge in [-0.05, 0) is 104 Å². The summed E-state index contributed by atoms with van der Waals surface area (Å²) in [6, 6.07) is 8.44. The number of carbonyl (C=O) groups is 2. The van der Waals surface area contributed by atoms with E-state index in [9.17, 15) is 22.8 Å². The van der Waals surface area contributed by atoms with E-state index in [0.29, 0.717) is 25.7 Å². The van der Waals surface area contributed by atoms with Crippen molar-refractivity contribution in [3.05, 3.63) is 52.6 Å². The van der Waals surface area contributed by atoms with Gasteiger partial charge in [0.1, 0.15) is 5.78 Å². The van der Waals surface area contributed by atoms with E-state index in [-0.39, 0.29) is 29.3 Å². The number of alkyl halides is 3. The summed E-state index contributed by atoms with van der Waals surface area (Å²) in [6.45, 7) is 3.45. The summed E-state index contributed by atoms with van der Waals surface area (Å²) in [5.74, 6) is 4.21. The minimum Gasteiger partial charge on any atom is -0.298 e. The Hall–Kier alpha value is -2.26. The first kappa shape index (κ1) is 25.4. The summed E-state index contributed by atoms with van der Waals surface area (Å²) < 4.78 is 39.8. The lowest BCUT2D eigenvalue weighted by molar-refractivity contribution is -0.130. The molecular formula is C30H31F3O2S. The van der Waals surface area contributed by atoms with Crippen molar-refractivity contribution in [1.29, 1.82) is 0 Å². The highest BCUT2D eigenvalue weighted by Crippen LogP contribution is 2.69. The second-order valence-electron chi connectivity index (χ2n) is 11.0. The van der Waals surface area contributed by atoms with Crippen LogP contribution in [0.2, 0.25) is 0 Å². The largest absolute Gasteiger partial charge is 0.457 e. The van der Waals surface area contributed by atoms with E-state index in [1.165, 1.54) is 24.0 Å². The van der Waals surface area contributed by atoms with Crippen molar-refractivity contribution in [2.75, 3.05) is 6.26 Å². The monoisotopic (exact) mass is 512 g/mol. The van der Waals surface area contributed by atoms with Crippen LogP contribution >= 0.6 is 11.8 Å². The van der Waals surface area contributed by atoms with E-state index >= 15 is 0 Å². The first-order chi connectivity index (χ1) is 17.0. The van der Waals surface area contributed by atoms with Gasteiger partial charge >= 0.3 is 6.18 Å². The van der Waals surface area contributed by atoms with Crippen molar-refractivity contribution in [3.63, 3.8) is 0 Å². The third kappa shape index (κ3) is 3.99. The summed E-state index contributed by atoms with van der Waals surface area (Å²) in [5, 5.41) is 0. The fourth-order valence-electron chi connectivity index (χ4n) is 7.87. The number of ketones is 2. The molecule has 2 fully saturated rings. The van der Waals surface area contributed by atoms with Gasteiger partial charge < -0.3 is 0 Å². The fraction of sp³-hybridized carbons (Fsp3) is 0.533. The van der Waals surface area contributed by atoms with E-state index in [4.69, 9.17) is 0 Å². The molecular weight excluding hydrogens is 481 g/mol. The van der Waals surface area contributed by atoms with Gasteiger partial charge in [-0.3, -0.25) is 9.59 Å². The van der Waals surface area contributed by atoms with E-state index in [1.807, 2.05) is 19.3 Å². The van der Waals surface area contributed by atoms with Crippen LogP contribution in [0.4, 0.5) is 13.2 Å². The van der Waals surface area contributed by atoms with Crippen LogP contribution in [-0.4, -0.2) is 24.0 Å². The third-order valence-corrected chi connectivity index (χ3v) is 10.2. The van der Waals surface area contributed by atoms with Gasteiger partial charge in [0.25, 0.3) is 0 Å². The molecule has 4 aliphatic rings. The van der Waals surface area contributed by atoms with Crippen LogP contribution in [0.5, 0.6) is 0 Å². The van der Waals surface area contributed by atoms with Crippen molar-refractivity contribution in [2.45, 2.75) is 75.8 Å². The number of halogens is 3. The van der Waals surface area contributed by atoms with E-state index in [1.54, 1.807) is 11.8 Å². The Morgan fingerprint density at radius 1 is 1.11 bits per heavy atom. The van der Waals surface area contributed by atoms with Gasteiger partial charge in [-0.2, -0.15) is 13.2 Å².